The van der Waals surface area contributed by atoms with Crippen molar-refractivity contribution in [2.75, 3.05) is 26.5 Å². The third-order valence-electron chi connectivity index (χ3n) is 6.65. The van der Waals surface area contributed by atoms with E-state index in [-0.39, 0.29) is 11.8 Å². The molecule has 0 radical (unpaired) electrons. The zero-order chi connectivity index (χ0) is 21.0. The average Bonchev–Trinajstić information content (AvgIpc) is 3.20. The molecule has 0 aromatic heterocycles. The molecule has 1 saturated heterocycles. The van der Waals surface area contributed by atoms with E-state index in [1.807, 2.05) is 24.3 Å². The van der Waals surface area contributed by atoms with E-state index in [0.717, 1.165) is 52.9 Å². The number of fused-ring (bicyclic) bond motifs is 7. The summed E-state index contributed by atoms with van der Waals surface area (Å²) in [7, 11) is -0.941. The SMILES string of the molecule is COc1cc2c3c(c4ccccc4c2cc1OC)CC1CCCN1[C@@H]3CS(=O)(=O)O. The molecule has 0 saturated carbocycles. The van der Waals surface area contributed by atoms with E-state index in [2.05, 4.69) is 17.0 Å². The first-order valence-electron chi connectivity index (χ1n) is 10.2. The fourth-order valence-corrected chi connectivity index (χ4v) is 6.24. The van der Waals surface area contributed by atoms with Gasteiger partial charge in [-0.3, -0.25) is 9.45 Å². The summed E-state index contributed by atoms with van der Waals surface area (Å²) >= 11 is 0. The third-order valence-corrected chi connectivity index (χ3v) is 7.38. The van der Waals surface area contributed by atoms with Crippen LogP contribution in [0, 0.1) is 0 Å². The van der Waals surface area contributed by atoms with Crippen molar-refractivity contribution < 1.29 is 22.4 Å². The molecule has 1 N–H and O–H groups in total. The quantitative estimate of drug-likeness (QED) is 0.502. The maximum atomic E-state index is 12.0. The minimum atomic E-state index is -4.15. The van der Waals surface area contributed by atoms with Gasteiger partial charge in [-0.1, -0.05) is 24.3 Å². The summed E-state index contributed by atoms with van der Waals surface area (Å²) < 4.78 is 44.9. The van der Waals surface area contributed by atoms with E-state index < -0.39 is 10.1 Å². The van der Waals surface area contributed by atoms with Crippen LogP contribution in [0.5, 0.6) is 11.5 Å². The van der Waals surface area contributed by atoms with Crippen molar-refractivity contribution in [2.24, 2.45) is 0 Å². The molecule has 0 spiro atoms. The van der Waals surface area contributed by atoms with Crippen molar-refractivity contribution in [1.82, 2.24) is 4.90 Å². The van der Waals surface area contributed by atoms with Crippen molar-refractivity contribution in [3.8, 4) is 11.5 Å². The predicted octanol–water partition coefficient (Wildman–Crippen LogP) is 3.96. The Kier molecular flexibility index (Phi) is 4.65. The summed E-state index contributed by atoms with van der Waals surface area (Å²) in [5.74, 6) is 0.936. The molecule has 2 heterocycles. The molecule has 7 heteroatoms. The van der Waals surface area contributed by atoms with Crippen molar-refractivity contribution in [3.63, 3.8) is 0 Å². The number of ether oxygens (including phenoxy) is 2. The van der Waals surface area contributed by atoms with Crippen LogP contribution >= 0.6 is 0 Å². The van der Waals surface area contributed by atoms with E-state index in [4.69, 9.17) is 9.47 Å². The van der Waals surface area contributed by atoms with Gasteiger partial charge in [-0.05, 0) is 70.6 Å². The minimum Gasteiger partial charge on any atom is -0.493 e. The van der Waals surface area contributed by atoms with E-state index in [0.29, 0.717) is 17.5 Å². The fraction of sp³-hybridized carbons (Fsp3) is 0.391. The van der Waals surface area contributed by atoms with Crippen molar-refractivity contribution in [1.29, 1.82) is 0 Å². The third kappa shape index (κ3) is 3.04. The van der Waals surface area contributed by atoms with Gasteiger partial charge in [0.05, 0.1) is 26.0 Å². The number of hydrogen-bond donors (Lipinski definition) is 1. The van der Waals surface area contributed by atoms with Gasteiger partial charge in [0.2, 0.25) is 0 Å². The zero-order valence-corrected chi connectivity index (χ0v) is 17.9. The second-order valence-electron chi connectivity index (χ2n) is 8.19. The van der Waals surface area contributed by atoms with Gasteiger partial charge < -0.3 is 9.47 Å². The standard InChI is InChI=1S/C23H25NO5S/c1-28-21-11-17-15-7-3-4-8-16(15)18-10-14-6-5-9-24(14)20(13-30(25,26)27)23(18)19(17)12-22(21)29-2/h3-4,7-8,11-12,14,20H,5-6,9-10,13H2,1-2H3,(H,25,26,27)/t14?,20-/m1/s1. The smallest absolute Gasteiger partial charge is 0.266 e. The Morgan fingerprint density at radius 1 is 1.03 bits per heavy atom. The lowest BCUT2D eigenvalue weighted by atomic mass is 9.82. The molecule has 2 aliphatic rings. The molecular formula is C23H25NO5S. The molecule has 3 aromatic carbocycles. The van der Waals surface area contributed by atoms with Gasteiger partial charge in [-0.15, -0.1) is 0 Å². The summed E-state index contributed by atoms with van der Waals surface area (Å²) in [4.78, 5) is 2.26. The predicted molar refractivity (Wildman–Crippen MR) is 117 cm³/mol. The second-order valence-corrected chi connectivity index (χ2v) is 9.69. The Morgan fingerprint density at radius 2 is 1.70 bits per heavy atom. The van der Waals surface area contributed by atoms with Gasteiger partial charge in [-0.25, -0.2) is 0 Å². The maximum absolute atomic E-state index is 12.0. The number of methoxy groups -OCH3 is 2. The molecule has 1 fully saturated rings. The van der Waals surface area contributed by atoms with Crippen LogP contribution < -0.4 is 9.47 Å². The molecule has 30 heavy (non-hydrogen) atoms. The van der Waals surface area contributed by atoms with Crippen LogP contribution in [0.15, 0.2) is 36.4 Å². The van der Waals surface area contributed by atoms with Gasteiger partial charge in [0.15, 0.2) is 11.5 Å². The van der Waals surface area contributed by atoms with Crippen molar-refractivity contribution >= 4 is 31.7 Å². The molecular weight excluding hydrogens is 402 g/mol. The van der Waals surface area contributed by atoms with Gasteiger partial charge in [-0.2, -0.15) is 8.42 Å². The Morgan fingerprint density at radius 3 is 2.37 bits per heavy atom. The van der Waals surface area contributed by atoms with Gasteiger partial charge in [0, 0.05) is 6.04 Å². The van der Waals surface area contributed by atoms with E-state index in [1.165, 1.54) is 5.56 Å². The van der Waals surface area contributed by atoms with Crippen LogP contribution in [0.2, 0.25) is 0 Å². The van der Waals surface area contributed by atoms with Crippen LogP contribution in [0.1, 0.15) is 30.0 Å². The summed E-state index contributed by atoms with van der Waals surface area (Å²) in [5, 5.41) is 4.21. The van der Waals surface area contributed by atoms with E-state index in [9.17, 15) is 13.0 Å². The molecule has 2 aliphatic heterocycles. The molecule has 0 bridgehead atoms. The monoisotopic (exact) mass is 427 g/mol. The Hall–Kier alpha value is -2.35. The molecule has 6 nitrogen and oxygen atoms in total. The Labute approximate surface area is 176 Å². The van der Waals surface area contributed by atoms with Gasteiger partial charge >= 0.3 is 0 Å². The Balaban J connectivity index is 1.91. The highest BCUT2D eigenvalue weighted by Crippen LogP contribution is 2.47. The number of nitrogens with zero attached hydrogens (tertiary/aromatic N) is 1. The zero-order valence-electron chi connectivity index (χ0n) is 17.1. The van der Waals surface area contributed by atoms with E-state index >= 15 is 0 Å². The highest BCUT2D eigenvalue weighted by molar-refractivity contribution is 7.85. The number of benzene rings is 3. The minimum absolute atomic E-state index is 0.297. The molecule has 158 valence electrons. The van der Waals surface area contributed by atoms with Gasteiger partial charge in [0.1, 0.15) is 0 Å². The lowest BCUT2D eigenvalue weighted by molar-refractivity contribution is 0.177. The molecule has 2 atom stereocenters. The number of rotatable bonds is 4. The molecule has 1 unspecified atom stereocenters. The lowest BCUT2D eigenvalue weighted by Crippen LogP contribution is -2.42. The van der Waals surface area contributed by atoms with Crippen LogP contribution in [0.4, 0.5) is 0 Å². The highest BCUT2D eigenvalue weighted by atomic mass is 32.2. The summed E-state index contributed by atoms with van der Waals surface area (Å²) in [5.41, 5.74) is 2.17. The normalized spacial score (nSPS) is 21.6. The maximum Gasteiger partial charge on any atom is 0.266 e. The van der Waals surface area contributed by atoms with Crippen molar-refractivity contribution in [3.05, 3.63) is 47.5 Å². The first-order valence-corrected chi connectivity index (χ1v) is 11.8. The molecule has 0 amide bonds. The number of hydrogen-bond acceptors (Lipinski definition) is 5. The molecule has 5 rings (SSSR count). The molecule has 3 aromatic rings. The van der Waals surface area contributed by atoms with Gasteiger partial charge in [0.25, 0.3) is 10.1 Å². The summed E-state index contributed by atoms with van der Waals surface area (Å²) in [6, 6.07) is 12.1. The van der Waals surface area contributed by atoms with Crippen LogP contribution in [-0.4, -0.2) is 50.4 Å². The largest absolute Gasteiger partial charge is 0.493 e. The Bertz CT molecular complexity index is 1250. The summed E-state index contributed by atoms with van der Waals surface area (Å²) in [6.45, 7) is 0.839. The average molecular weight is 428 g/mol. The fourth-order valence-electron chi connectivity index (χ4n) is 5.48. The first-order chi connectivity index (χ1) is 14.4. The topological polar surface area (TPSA) is 76.1 Å². The second kappa shape index (κ2) is 7.11. The van der Waals surface area contributed by atoms with Crippen LogP contribution in [0.3, 0.4) is 0 Å². The lowest BCUT2D eigenvalue weighted by Gasteiger charge is -2.40. The van der Waals surface area contributed by atoms with Crippen molar-refractivity contribution in [2.45, 2.75) is 31.3 Å². The van der Waals surface area contributed by atoms with Crippen LogP contribution in [0.25, 0.3) is 21.5 Å². The summed E-state index contributed by atoms with van der Waals surface area (Å²) in [6.07, 6.45) is 2.95. The molecule has 0 aliphatic carbocycles. The van der Waals surface area contributed by atoms with Crippen LogP contribution in [-0.2, 0) is 16.5 Å². The highest BCUT2D eigenvalue weighted by Gasteiger charge is 2.41. The van der Waals surface area contributed by atoms with E-state index in [1.54, 1.807) is 14.2 Å². The first kappa shape index (κ1) is 19.6.